The molecule has 1 saturated carbocycles. The van der Waals surface area contributed by atoms with Gasteiger partial charge in [0.2, 0.25) is 11.8 Å². The predicted octanol–water partition coefficient (Wildman–Crippen LogP) is 2.86. The number of hydrogen-bond donors (Lipinski definition) is 3. The van der Waals surface area contributed by atoms with E-state index in [-0.39, 0.29) is 37.9 Å². The smallest absolute Gasteiger partial charge is 0.247 e. The number of nitrogens with zero attached hydrogens (tertiary/aromatic N) is 1. The Morgan fingerprint density at radius 2 is 1.95 bits per heavy atom. The minimum atomic E-state index is -1.15. The lowest BCUT2D eigenvalue weighted by atomic mass is 9.82. The van der Waals surface area contributed by atoms with Gasteiger partial charge in [0.1, 0.15) is 18.5 Å². The molecule has 3 atom stereocenters. The number of halogens is 1. The van der Waals surface area contributed by atoms with E-state index in [0.717, 1.165) is 24.8 Å². The van der Waals surface area contributed by atoms with Gasteiger partial charge in [-0.25, -0.2) is 0 Å². The molecule has 2 aliphatic carbocycles. The van der Waals surface area contributed by atoms with Gasteiger partial charge in [-0.05, 0) is 59.2 Å². The van der Waals surface area contributed by atoms with Crippen LogP contribution in [0.2, 0.25) is 0 Å². The maximum atomic E-state index is 13.7. The van der Waals surface area contributed by atoms with E-state index in [1.54, 1.807) is 17.0 Å². The summed E-state index contributed by atoms with van der Waals surface area (Å²) in [4.78, 5) is 39.8. The van der Waals surface area contributed by atoms with Crippen molar-refractivity contribution in [3.05, 3.63) is 68.8 Å². The topological polar surface area (TPSA) is 125 Å². The quantitative estimate of drug-likeness (QED) is 0.253. The number of nitrogens with one attached hydrogen (secondary N) is 1. The zero-order valence-electron chi connectivity index (χ0n) is 21.7. The molecule has 2 amide bonds. The van der Waals surface area contributed by atoms with Crippen molar-refractivity contribution in [1.29, 1.82) is 0 Å². The summed E-state index contributed by atoms with van der Waals surface area (Å²) < 4.78 is 12.3. The molecule has 0 aliphatic heterocycles. The van der Waals surface area contributed by atoms with E-state index in [0.29, 0.717) is 32.5 Å². The number of aliphatic hydroxyl groups excluding tert-OH is 2. The molecule has 0 bridgehead atoms. The third-order valence-electron chi connectivity index (χ3n) is 7.19. The molecule has 39 heavy (non-hydrogen) atoms. The SMILES string of the molecule is COc1cc(C=O)cc(I)c1OC1C=C(C(=O)NCCO)CC(N(Cc2ccccc2)C(=O)C2CCC2)C1O. The molecule has 1 fully saturated rings. The van der Waals surface area contributed by atoms with Crippen LogP contribution in [-0.2, 0) is 16.1 Å². The Bertz CT molecular complexity index is 1220. The fraction of sp³-hybridized carbons (Fsp3) is 0.414. The minimum Gasteiger partial charge on any atom is -0.493 e. The molecule has 4 rings (SSSR count). The van der Waals surface area contributed by atoms with Gasteiger partial charge in [0.15, 0.2) is 11.5 Å². The number of amides is 2. The second-order valence-electron chi connectivity index (χ2n) is 9.75. The largest absolute Gasteiger partial charge is 0.493 e. The standard InChI is InChI=1S/C29H33IN2O7/c1-38-25-13-19(17-34)12-22(30)27(25)39-24-15-21(28(36)31-10-11-33)14-23(26(24)35)32(29(37)20-8-5-9-20)16-18-6-3-2-4-7-18/h2-4,6-7,12-13,15,17,20,23-24,26,33,35H,5,8-11,14,16H2,1H3,(H,31,36). The summed E-state index contributed by atoms with van der Waals surface area (Å²) in [6.07, 6.45) is 2.83. The molecule has 0 aromatic heterocycles. The first-order valence-electron chi connectivity index (χ1n) is 13.0. The first kappa shape index (κ1) is 29.0. The van der Waals surface area contributed by atoms with E-state index in [1.165, 1.54) is 13.2 Å². The third-order valence-corrected chi connectivity index (χ3v) is 7.99. The highest BCUT2D eigenvalue weighted by molar-refractivity contribution is 14.1. The molecule has 0 spiro atoms. The Morgan fingerprint density at radius 3 is 2.56 bits per heavy atom. The van der Waals surface area contributed by atoms with Crippen molar-refractivity contribution in [3.63, 3.8) is 0 Å². The molecule has 3 N–H and O–H groups in total. The maximum Gasteiger partial charge on any atom is 0.247 e. The molecule has 2 aromatic rings. The minimum absolute atomic E-state index is 0.0487. The second-order valence-corrected chi connectivity index (χ2v) is 10.9. The Balaban J connectivity index is 1.71. The van der Waals surface area contributed by atoms with E-state index in [2.05, 4.69) is 5.32 Å². The predicted molar refractivity (Wildman–Crippen MR) is 152 cm³/mol. The fourth-order valence-corrected chi connectivity index (χ4v) is 5.62. The van der Waals surface area contributed by atoms with Crippen molar-refractivity contribution in [2.75, 3.05) is 20.3 Å². The Labute approximate surface area is 241 Å². The number of rotatable bonds is 11. The monoisotopic (exact) mass is 648 g/mol. The summed E-state index contributed by atoms with van der Waals surface area (Å²) in [6, 6.07) is 12.0. The fourth-order valence-electron chi connectivity index (χ4n) is 4.87. The highest BCUT2D eigenvalue weighted by Gasteiger charge is 2.43. The van der Waals surface area contributed by atoms with Gasteiger partial charge in [0.25, 0.3) is 0 Å². The lowest BCUT2D eigenvalue weighted by molar-refractivity contribution is -0.146. The van der Waals surface area contributed by atoms with Gasteiger partial charge in [-0.15, -0.1) is 0 Å². The maximum absolute atomic E-state index is 13.7. The summed E-state index contributed by atoms with van der Waals surface area (Å²) in [5.74, 6) is 0.0647. The van der Waals surface area contributed by atoms with Crippen LogP contribution in [0.4, 0.5) is 0 Å². The van der Waals surface area contributed by atoms with Crippen LogP contribution in [-0.4, -0.2) is 71.7 Å². The van der Waals surface area contributed by atoms with Crippen molar-refractivity contribution in [3.8, 4) is 11.5 Å². The molecular weight excluding hydrogens is 615 g/mol. The number of carbonyl (C=O) groups is 3. The van der Waals surface area contributed by atoms with Crippen molar-refractivity contribution >= 4 is 40.7 Å². The van der Waals surface area contributed by atoms with Crippen molar-refractivity contribution < 1.29 is 34.1 Å². The molecule has 3 unspecified atom stereocenters. The number of methoxy groups -OCH3 is 1. The first-order valence-corrected chi connectivity index (χ1v) is 14.1. The van der Waals surface area contributed by atoms with Crippen LogP contribution in [0.15, 0.2) is 54.1 Å². The van der Waals surface area contributed by atoms with Crippen molar-refractivity contribution in [2.24, 2.45) is 5.92 Å². The van der Waals surface area contributed by atoms with Crippen LogP contribution in [0.5, 0.6) is 11.5 Å². The number of benzene rings is 2. The van der Waals surface area contributed by atoms with Crippen LogP contribution in [0, 0.1) is 9.49 Å². The number of aliphatic hydroxyl groups is 2. The summed E-state index contributed by atoms with van der Waals surface area (Å²) in [7, 11) is 1.45. The molecule has 10 heteroatoms. The summed E-state index contributed by atoms with van der Waals surface area (Å²) in [5.41, 5.74) is 1.67. The van der Waals surface area contributed by atoms with Crippen LogP contribution < -0.4 is 14.8 Å². The van der Waals surface area contributed by atoms with Gasteiger partial charge in [-0.1, -0.05) is 36.8 Å². The van der Waals surface area contributed by atoms with Crippen LogP contribution in [0.25, 0.3) is 0 Å². The highest BCUT2D eigenvalue weighted by Crippen LogP contribution is 2.38. The van der Waals surface area contributed by atoms with E-state index in [4.69, 9.17) is 9.47 Å². The lowest BCUT2D eigenvalue weighted by Crippen LogP contribution is -2.56. The van der Waals surface area contributed by atoms with Crippen LogP contribution in [0.3, 0.4) is 0 Å². The number of hydrogen-bond acceptors (Lipinski definition) is 7. The zero-order chi connectivity index (χ0) is 27.9. The Hall–Kier alpha value is -2.96. The lowest BCUT2D eigenvalue weighted by Gasteiger charge is -2.43. The molecular formula is C29H33IN2O7. The van der Waals surface area contributed by atoms with Crippen molar-refractivity contribution in [2.45, 2.75) is 50.5 Å². The molecule has 0 radical (unpaired) electrons. The summed E-state index contributed by atoms with van der Waals surface area (Å²) in [5, 5.41) is 23.5. The highest BCUT2D eigenvalue weighted by atomic mass is 127. The van der Waals surface area contributed by atoms with Gasteiger partial charge in [0, 0.05) is 36.6 Å². The van der Waals surface area contributed by atoms with Gasteiger partial charge >= 0.3 is 0 Å². The van der Waals surface area contributed by atoms with Crippen molar-refractivity contribution in [1.82, 2.24) is 10.2 Å². The van der Waals surface area contributed by atoms with E-state index >= 15 is 0 Å². The molecule has 0 heterocycles. The third kappa shape index (κ3) is 6.79. The zero-order valence-corrected chi connectivity index (χ0v) is 23.9. The average Bonchev–Trinajstić information content (AvgIpc) is 2.91. The van der Waals surface area contributed by atoms with Gasteiger partial charge in [0.05, 0.1) is 23.3 Å². The molecule has 2 aliphatic rings. The van der Waals surface area contributed by atoms with Crippen LogP contribution in [0.1, 0.15) is 41.6 Å². The normalized spacial score (nSPS) is 20.8. The van der Waals surface area contributed by atoms with E-state index in [9.17, 15) is 24.6 Å². The average molecular weight is 648 g/mol. The number of ether oxygens (including phenoxy) is 2. The first-order chi connectivity index (χ1) is 18.9. The molecule has 208 valence electrons. The van der Waals surface area contributed by atoms with E-state index in [1.807, 2.05) is 52.9 Å². The number of carbonyl (C=O) groups excluding carboxylic acids is 3. The van der Waals surface area contributed by atoms with Gasteiger partial charge in [-0.2, -0.15) is 0 Å². The van der Waals surface area contributed by atoms with Crippen LogP contribution >= 0.6 is 22.6 Å². The Kier molecular flexibility index (Phi) is 9.98. The molecule has 2 aromatic carbocycles. The number of aldehydes is 1. The molecule has 9 nitrogen and oxygen atoms in total. The summed E-state index contributed by atoms with van der Waals surface area (Å²) in [6.45, 7) is 0.136. The summed E-state index contributed by atoms with van der Waals surface area (Å²) >= 11 is 2.03. The van der Waals surface area contributed by atoms with E-state index < -0.39 is 24.2 Å². The molecule has 0 saturated heterocycles. The van der Waals surface area contributed by atoms with Gasteiger partial charge < -0.3 is 29.9 Å². The Morgan fingerprint density at radius 1 is 1.21 bits per heavy atom. The second kappa shape index (κ2) is 13.4. The van der Waals surface area contributed by atoms with Gasteiger partial charge in [-0.3, -0.25) is 14.4 Å².